The molecule has 2 aromatic carbocycles. The molecule has 0 nitrogen and oxygen atoms in total. The lowest BCUT2D eigenvalue weighted by Crippen LogP contribution is -2.56. The predicted octanol–water partition coefficient (Wildman–Crippen LogP) is -11.1. The van der Waals surface area contributed by atoms with Crippen molar-refractivity contribution in [2.75, 3.05) is 0 Å². The van der Waals surface area contributed by atoms with Crippen LogP contribution >= 0.6 is 0 Å². The van der Waals surface area contributed by atoms with Gasteiger partial charge in [-0.05, 0) is 10.8 Å². The summed E-state index contributed by atoms with van der Waals surface area (Å²) in [4.78, 5) is 0. The molecule has 0 heterocycles. The fraction of sp³-hybridized carbons (Fsp3) is 0. The first-order chi connectivity index (χ1) is 8.29. The van der Waals surface area contributed by atoms with Crippen LogP contribution in [0.25, 0.3) is 10.8 Å². The monoisotopic (exact) mass is 224 g/mol. The van der Waals surface area contributed by atoms with E-state index in [9.17, 15) is 0 Å². The summed E-state index contributed by atoms with van der Waals surface area (Å²) in [5, 5.41) is 2.97. The standard InChI is InChI=1S/C10H16B8/c11-3-1-2(5(13)9(17)7(3)15)6(14)10(18)8(16)4(1)12/h11-18H2. The Balaban J connectivity index is 3.22. The summed E-state index contributed by atoms with van der Waals surface area (Å²) in [6.07, 6.45) is 0. The van der Waals surface area contributed by atoms with Crippen molar-refractivity contribution >= 4 is 117 Å². The highest BCUT2D eigenvalue weighted by Crippen LogP contribution is 1.98. The molecular formula is C10H16B8. The maximum absolute atomic E-state index is 2.27. The summed E-state index contributed by atoms with van der Waals surface area (Å²) >= 11 is 0. The number of fused-ring (bicyclic) bond motifs is 1. The quantitative estimate of drug-likeness (QED) is 0.389. The third-order valence-corrected chi connectivity index (χ3v) is 5.12. The normalized spacial score (nSPS) is 10.9. The Morgan fingerprint density at radius 3 is 0.611 bits per heavy atom. The zero-order valence-electron chi connectivity index (χ0n) is 13.0. The molecule has 0 radical (unpaired) electrons. The van der Waals surface area contributed by atoms with E-state index in [4.69, 9.17) is 0 Å². The predicted molar refractivity (Wildman–Crippen MR) is 109 cm³/mol. The Hall–Kier alpha value is -0.781. The number of hydrogen-bond donors (Lipinski definition) is 0. The van der Waals surface area contributed by atoms with E-state index in [2.05, 4.69) is 62.8 Å². The van der Waals surface area contributed by atoms with Crippen LogP contribution in [-0.4, -0.2) is 62.8 Å². The summed E-state index contributed by atoms with van der Waals surface area (Å²) in [5.74, 6) is 0. The molecule has 0 bridgehead atoms. The van der Waals surface area contributed by atoms with Crippen LogP contribution in [0.2, 0.25) is 0 Å². The van der Waals surface area contributed by atoms with Gasteiger partial charge in [-0.15, -0.1) is 21.9 Å². The number of hydrogen-bond acceptors (Lipinski definition) is 0. The molecule has 0 amide bonds. The zero-order valence-corrected chi connectivity index (χ0v) is 13.0. The SMILES string of the molecule is Bc1c(B)c(B)c2c(B)c(B)c(B)c(B)c2c1B. The van der Waals surface area contributed by atoms with Crippen molar-refractivity contribution in [2.24, 2.45) is 0 Å². The van der Waals surface area contributed by atoms with Crippen LogP contribution in [0.3, 0.4) is 0 Å². The molecule has 0 saturated carbocycles. The van der Waals surface area contributed by atoms with Crippen molar-refractivity contribution in [1.29, 1.82) is 0 Å². The maximum atomic E-state index is 2.27. The van der Waals surface area contributed by atoms with Crippen LogP contribution in [0, 0.1) is 0 Å². The molecular weight excluding hydrogens is 207 g/mol. The van der Waals surface area contributed by atoms with Crippen LogP contribution in [0.4, 0.5) is 0 Å². The molecule has 0 aromatic heterocycles. The van der Waals surface area contributed by atoms with Crippen molar-refractivity contribution in [3.8, 4) is 0 Å². The van der Waals surface area contributed by atoms with E-state index in [1.165, 1.54) is 54.5 Å². The van der Waals surface area contributed by atoms with E-state index in [1.807, 2.05) is 0 Å². The molecule has 2 aromatic rings. The van der Waals surface area contributed by atoms with Crippen molar-refractivity contribution in [1.82, 2.24) is 0 Å². The minimum Gasteiger partial charge on any atom is -0.101 e. The third kappa shape index (κ3) is 1.65. The molecule has 2 rings (SSSR count). The average molecular weight is 223 g/mol. The second-order valence-corrected chi connectivity index (χ2v) is 5.75. The first kappa shape index (κ1) is 13.6. The summed E-state index contributed by atoms with van der Waals surface area (Å²) in [6.45, 7) is 0. The highest BCUT2D eigenvalue weighted by atomic mass is 14.1. The molecule has 0 saturated heterocycles. The zero-order chi connectivity index (χ0) is 13.8. The van der Waals surface area contributed by atoms with E-state index in [1.54, 1.807) is 0 Å². The van der Waals surface area contributed by atoms with Crippen molar-refractivity contribution in [3.05, 3.63) is 0 Å². The second kappa shape index (κ2) is 4.40. The Morgan fingerprint density at radius 2 is 0.444 bits per heavy atom. The number of benzene rings is 2. The highest BCUT2D eigenvalue weighted by Gasteiger charge is 2.14. The lowest BCUT2D eigenvalue weighted by Gasteiger charge is -2.23. The summed E-state index contributed by atoms with van der Waals surface area (Å²) < 4.78 is 0. The Morgan fingerprint density at radius 1 is 0.278 bits per heavy atom. The molecule has 0 spiro atoms. The molecule has 0 atom stereocenters. The molecule has 0 fully saturated rings. The minimum atomic E-state index is 1.45. The molecule has 18 heavy (non-hydrogen) atoms. The largest absolute Gasteiger partial charge is 0.139 e. The van der Waals surface area contributed by atoms with Gasteiger partial charge in [0.05, 0.1) is 0 Å². The molecule has 0 N–H and O–H groups in total. The van der Waals surface area contributed by atoms with Crippen LogP contribution in [-0.2, 0) is 0 Å². The third-order valence-electron chi connectivity index (χ3n) is 5.12. The Bertz CT molecular complexity index is 563. The van der Waals surface area contributed by atoms with Crippen LogP contribution in [0.1, 0.15) is 0 Å². The molecule has 0 unspecified atom stereocenters. The summed E-state index contributed by atoms with van der Waals surface area (Å²) in [5.41, 5.74) is 11.6. The first-order valence-corrected chi connectivity index (χ1v) is 6.75. The Labute approximate surface area is 117 Å². The van der Waals surface area contributed by atoms with Gasteiger partial charge in [0.2, 0.25) is 0 Å². The van der Waals surface area contributed by atoms with Gasteiger partial charge in [0.15, 0.2) is 0 Å². The van der Waals surface area contributed by atoms with Gasteiger partial charge in [-0.25, -0.2) is 0 Å². The van der Waals surface area contributed by atoms with E-state index in [0.29, 0.717) is 0 Å². The van der Waals surface area contributed by atoms with Crippen LogP contribution in [0.5, 0.6) is 0 Å². The molecule has 8 heteroatoms. The molecule has 0 aliphatic carbocycles. The van der Waals surface area contributed by atoms with Crippen molar-refractivity contribution in [3.63, 3.8) is 0 Å². The highest BCUT2D eigenvalue weighted by molar-refractivity contribution is 6.74. The van der Waals surface area contributed by atoms with Gasteiger partial charge in [0.1, 0.15) is 62.8 Å². The van der Waals surface area contributed by atoms with Gasteiger partial charge in [0.25, 0.3) is 0 Å². The molecule has 0 aliphatic heterocycles. The summed E-state index contributed by atoms with van der Waals surface area (Å²) in [6, 6.07) is 0. The van der Waals surface area contributed by atoms with Crippen LogP contribution in [0.15, 0.2) is 0 Å². The topological polar surface area (TPSA) is 0 Å². The van der Waals surface area contributed by atoms with E-state index >= 15 is 0 Å². The van der Waals surface area contributed by atoms with Gasteiger partial charge in [-0.3, -0.25) is 0 Å². The molecule has 80 valence electrons. The van der Waals surface area contributed by atoms with Gasteiger partial charge in [-0.1, -0.05) is 21.9 Å². The Kier molecular flexibility index (Phi) is 3.34. The van der Waals surface area contributed by atoms with Crippen LogP contribution < -0.4 is 43.7 Å². The van der Waals surface area contributed by atoms with E-state index < -0.39 is 0 Å². The lowest BCUT2D eigenvalue weighted by atomic mass is 9.57. The number of rotatable bonds is 0. The van der Waals surface area contributed by atoms with Gasteiger partial charge >= 0.3 is 0 Å². The van der Waals surface area contributed by atoms with E-state index in [0.717, 1.165) is 0 Å². The van der Waals surface area contributed by atoms with Crippen molar-refractivity contribution < 1.29 is 0 Å². The second-order valence-electron chi connectivity index (χ2n) is 5.75. The van der Waals surface area contributed by atoms with Gasteiger partial charge < -0.3 is 0 Å². The van der Waals surface area contributed by atoms with Gasteiger partial charge in [0, 0.05) is 0 Å². The maximum Gasteiger partial charge on any atom is 0.139 e. The van der Waals surface area contributed by atoms with Gasteiger partial charge in [-0.2, -0.15) is 0 Å². The van der Waals surface area contributed by atoms with Crippen molar-refractivity contribution in [2.45, 2.75) is 0 Å². The fourth-order valence-corrected chi connectivity index (χ4v) is 3.19. The minimum absolute atomic E-state index is 1.45. The smallest absolute Gasteiger partial charge is 0.101 e. The summed E-state index contributed by atoms with van der Waals surface area (Å²) in [7, 11) is 18.1. The molecule has 0 aliphatic rings. The van der Waals surface area contributed by atoms with E-state index in [-0.39, 0.29) is 0 Å². The first-order valence-electron chi connectivity index (χ1n) is 6.75. The average Bonchev–Trinajstić information content (AvgIpc) is 2.35. The lowest BCUT2D eigenvalue weighted by molar-refractivity contribution is 2.08. The fourth-order valence-electron chi connectivity index (χ4n) is 3.19.